The summed E-state index contributed by atoms with van der Waals surface area (Å²) in [6.45, 7) is 2.56. The summed E-state index contributed by atoms with van der Waals surface area (Å²) in [5.74, 6) is 0. The lowest BCUT2D eigenvalue weighted by molar-refractivity contribution is -0.0665. The molecule has 1 saturated heterocycles. The minimum absolute atomic E-state index is 0.0775. The van der Waals surface area contributed by atoms with Gasteiger partial charge in [-0.15, -0.1) is 0 Å². The summed E-state index contributed by atoms with van der Waals surface area (Å²) in [5, 5.41) is 10.6. The van der Waals surface area contributed by atoms with Gasteiger partial charge in [0.15, 0.2) is 0 Å². The molecule has 0 radical (unpaired) electrons. The Labute approximate surface area is 59.2 Å². The first-order chi connectivity index (χ1) is 4.70. The smallest absolute Gasteiger partial charge is 0.404 e. The van der Waals surface area contributed by atoms with Crippen LogP contribution in [-0.4, -0.2) is 30.0 Å². The number of nitrogens with one attached hydrogen (secondary N) is 1. The zero-order chi connectivity index (χ0) is 7.56. The van der Waals surface area contributed by atoms with Gasteiger partial charge in [-0.2, -0.15) is 0 Å². The monoisotopic (exact) mass is 145 g/mol. The van der Waals surface area contributed by atoms with Crippen LogP contribution in [0.5, 0.6) is 0 Å². The fraction of sp³-hybridized carbons (Fsp3) is 0.833. The van der Waals surface area contributed by atoms with Crippen molar-refractivity contribution in [3.63, 3.8) is 0 Å². The lowest BCUT2D eigenvalue weighted by atomic mass is 10.1. The molecule has 1 fully saturated rings. The summed E-state index contributed by atoms with van der Waals surface area (Å²) in [6, 6.07) is -0.0775. The number of hydrogen-bond acceptors (Lipinski definition) is 2. The Hall–Kier alpha value is -0.770. The van der Waals surface area contributed by atoms with E-state index in [-0.39, 0.29) is 12.1 Å². The fourth-order valence-electron chi connectivity index (χ4n) is 0.936. The van der Waals surface area contributed by atoms with E-state index >= 15 is 0 Å². The Kier molecular flexibility index (Phi) is 2.11. The average Bonchev–Trinajstić information content (AvgIpc) is 1.55. The Morgan fingerprint density at radius 1 is 1.90 bits per heavy atom. The van der Waals surface area contributed by atoms with Crippen molar-refractivity contribution in [2.45, 2.75) is 25.5 Å². The van der Waals surface area contributed by atoms with E-state index in [4.69, 9.17) is 9.84 Å². The van der Waals surface area contributed by atoms with E-state index in [1.807, 2.05) is 0 Å². The second-order valence-corrected chi connectivity index (χ2v) is 2.44. The van der Waals surface area contributed by atoms with Crippen LogP contribution < -0.4 is 5.32 Å². The maximum Gasteiger partial charge on any atom is 0.404 e. The summed E-state index contributed by atoms with van der Waals surface area (Å²) in [6.07, 6.45) is 0.0700. The van der Waals surface area contributed by atoms with E-state index in [1.165, 1.54) is 0 Å². The molecule has 4 heteroatoms. The number of rotatable bonds is 2. The average molecular weight is 145 g/mol. The number of carbonyl (C=O) groups is 1. The van der Waals surface area contributed by atoms with Gasteiger partial charge in [0.25, 0.3) is 0 Å². The lowest BCUT2D eigenvalue weighted by Gasteiger charge is -2.31. The lowest BCUT2D eigenvalue weighted by Crippen LogP contribution is -2.46. The van der Waals surface area contributed by atoms with Crippen molar-refractivity contribution < 1.29 is 14.6 Å². The number of ether oxygens (including phenoxy) is 1. The molecule has 1 heterocycles. The van der Waals surface area contributed by atoms with Crippen molar-refractivity contribution in [2.75, 3.05) is 6.61 Å². The molecular formula is C6H11NO3. The predicted octanol–water partition coefficient (Wildman–Crippen LogP) is 0.431. The second-order valence-electron chi connectivity index (χ2n) is 2.44. The Morgan fingerprint density at radius 2 is 2.50 bits per heavy atom. The Balaban J connectivity index is 2.19. The highest BCUT2D eigenvalue weighted by Crippen LogP contribution is 2.14. The normalized spacial score (nSPS) is 26.7. The van der Waals surface area contributed by atoms with Gasteiger partial charge in [-0.25, -0.2) is 4.79 Å². The molecule has 0 aromatic heterocycles. The zero-order valence-corrected chi connectivity index (χ0v) is 5.83. The van der Waals surface area contributed by atoms with Gasteiger partial charge in [-0.1, -0.05) is 0 Å². The Morgan fingerprint density at radius 3 is 2.80 bits per heavy atom. The van der Waals surface area contributed by atoms with Crippen LogP contribution >= 0.6 is 0 Å². The topological polar surface area (TPSA) is 58.6 Å². The fourth-order valence-corrected chi connectivity index (χ4v) is 0.936. The van der Waals surface area contributed by atoms with Crippen LogP contribution in [-0.2, 0) is 4.74 Å². The van der Waals surface area contributed by atoms with Gasteiger partial charge in [0.2, 0.25) is 0 Å². The molecule has 1 unspecified atom stereocenters. The van der Waals surface area contributed by atoms with Crippen LogP contribution in [0, 0.1) is 0 Å². The predicted molar refractivity (Wildman–Crippen MR) is 35.0 cm³/mol. The standard InChI is InChI=1S/C6H11NO3/c1-4(7-6(8)9)5-2-3-10-5/h4-5,7H,2-3H2,1H3,(H,8,9)/t4-,5?/m1/s1. The molecule has 1 amide bonds. The van der Waals surface area contributed by atoms with E-state index in [2.05, 4.69) is 5.32 Å². The van der Waals surface area contributed by atoms with Crippen LogP contribution in [0.1, 0.15) is 13.3 Å². The third kappa shape index (κ3) is 1.60. The van der Waals surface area contributed by atoms with E-state index in [1.54, 1.807) is 6.92 Å². The largest absolute Gasteiger partial charge is 0.465 e. The number of hydrogen-bond donors (Lipinski definition) is 2. The van der Waals surface area contributed by atoms with Crippen LogP contribution in [0.2, 0.25) is 0 Å². The van der Waals surface area contributed by atoms with E-state index < -0.39 is 6.09 Å². The molecule has 0 aromatic rings. The first-order valence-electron chi connectivity index (χ1n) is 3.31. The molecule has 1 aliphatic rings. The highest BCUT2D eigenvalue weighted by atomic mass is 16.5. The molecule has 1 rings (SSSR count). The van der Waals surface area contributed by atoms with Crippen molar-refractivity contribution in [1.82, 2.24) is 5.32 Å². The summed E-state index contributed by atoms with van der Waals surface area (Å²) in [4.78, 5) is 10.1. The Bertz CT molecular complexity index is 133. The van der Waals surface area contributed by atoms with Gasteiger partial charge < -0.3 is 15.2 Å². The van der Waals surface area contributed by atoms with Gasteiger partial charge in [-0.3, -0.25) is 0 Å². The maximum absolute atomic E-state index is 10.1. The van der Waals surface area contributed by atoms with Gasteiger partial charge in [0, 0.05) is 6.61 Å². The van der Waals surface area contributed by atoms with Gasteiger partial charge >= 0.3 is 6.09 Å². The maximum atomic E-state index is 10.1. The van der Waals surface area contributed by atoms with Crippen molar-refractivity contribution in [3.8, 4) is 0 Å². The summed E-state index contributed by atoms with van der Waals surface area (Å²) in [7, 11) is 0. The van der Waals surface area contributed by atoms with E-state index in [0.717, 1.165) is 13.0 Å². The molecule has 1 aliphatic heterocycles. The zero-order valence-electron chi connectivity index (χ0n) is 5.83. The molecule has 2 atom stereocenters. The number of amides is 1. The highest BCUT2D eigenvalue weighted by molar-refractivity contribution is 5.64. The quantitative estimate of drug-likeness (QED) is 0.592. The summed E-state index contributed by atoms with van der Waals surface area (Å²) < 4.78 is 5.07. The van der Waals surface area contributed by atoms with Crippen LogP contribution in [0.4, 0.5) is 4.79 Å². The molecular weight excluding hydrogens is 134 g/mol. The van der Waals surface area contributed by atoms with E-state index in [9.17, 15) is 4.79 Å². The van der Waals surface area contributed by atoms with Crippen LogP contribution in [0.25, 0.3) is 0 Å². The minimum atomic E-state index is -0.983. The highest BCUT2D eigenvalue weighted by Gasteiger charge is 2.25. The first kappa shape index (κ1) is 7.34. The van der Waals surface area contributed by atoms with Crippen molar-refractivity contribution in [3.05, 3.63) is 0 Å². The van der Waals surface area contributed by atoms with Gasteiger partial charge in [0.05, 0.1) is 12.1 Å². The molecule has 0 aliphatic carbocycles. The first-order valence-corrected chi connectivity index (χ1v) is 3.31. The third-order valence-electron chi connectivity index (χ3n) is 1.64. The molecule has 0 aromatic carbocycles. The van der Waals surface area contributed by atoms with Crippen LogP contribution in [0.3, 0.4) is 0 Å². The van der Waals surface area contributed by atoms with Crippen molar-refractivity contribution in [1.29, 1.82) is 0 Å². The van der Waals surface area contributed by atoms with Gasteiger partial charge in [-0.05, 0) is 13.3 Å². The van der Waals surface area contributed by atoms with Crippen molar-refractivity contribution >= 4 is 6.09 Å². The molecule has 4 nitrogen and oxygen atoms in total. The SMILES string of the molecule is C[C@@H](NC(=O)O)C1CCO1. The molecule has 0 saturated carbocycles. The van der Waals surface area contributed by atoms with Crippen molar-refractivity contribution in [2.24, 2.45) is 0 Å². The second kappa shape index (κ2) is 2.88. The van der Waals surface area contributed by atoms with Gasteiger partial charge in [0.1, 0.15) is 0 Å². The molecule has 58 valence electrons. The third-order valence-corrected chi connectivity index (χ3v) is 1.64. The molecule has 0 spiro atoms. The molecule has 0 bridgehead atoms. The molecule has 10 heavy (non-hydrogen) atoms. The summed E-state index contributed by atoms with van der Waals surface area (Å²) >= 11 is 0. The summed E-state index contributed by atoms with van der Waals surface area (Å²) in [5.41, 5.74) is 0. The minimum Gasteiger partial charge on any atom is -0.465 e. The van der Waals surface area contributed by atoms with Crippen LogP contribution in [0.15, 0.2) is 0 Å². The van der Waals surface area contributed by atoms with E-state index in [0.29, 0.717) is 0 Å². The molecule has 2 N–H and O–H groups in total. The number of carboxylic acid groups (broad SMARTS) is 1.